The van der Waals surface area contributed by atoms with Gasteiger partial charge in [-0.2, -0.15) is 0 Å². The molecule has 1 aromatic carbocycles. The first-order valence-corrected chi connectivity index (χ1v) is 9.32. The predicted molar refractivity (Wildman–Crippen MR) is 87.4 cm³/mol. The van der Waals surface area contributed by atoms with E-state index in [-0.39, 0.29) is 11.6 Å². The number of amides is 2. The SMILES string of the molecule is C[C@@H](C(=O)N1CCN(C=O)CC1)N(c1ccc(F)cc1)S(C)(=O)=O. The molecule has 1 aromatic rings. The Kier molecular flexibility index (Phi) is 5.43. The highest BCUT2D eigenvalue weighted by atomic mass is 32.2. The molecule has 2 amide bonds. The van der Waals surface area contributed by atoms with Crippen molar-refractivity contribution in [3.63, 3.8) is 0 Å². The van der Waals surface area contributed by atoms with Crippen molar-refractivity contribution < 1.29 is 22.4 Å². The molecule has 1 saturated heterocycles. The molecule has 7 nitrogen and oxygen atoms in total. The summed E-state index contributed by atoms with van der Waals surface area (Å²) in [6, 6.07) is 3.98. The Morgan fingerprint density at radius 1 is 1.21 bits per heavy atom. The fourth-order valence-corrected chi connectivity index (χ4v) is 3.87. The van der Waals surface area contributed by atoms with Gasteiger partial charge in [-0.1, -0.05) is 0 Å². The molecule has 132 valence electrons. The van der Waals surface area contributed by atoms with E-state index >= 15 is 0 Å². The smallest absolute Gasteiger partial charge is 0.246 e. The molecule has 1 atom stereocenters. The Hall–Kier alpha value is -2.16. The Morgan fingerprint density at radius 2 is 1.75 bits per heavy atom. The summed E-state index contributed by atoms with van der Waals surface area (Å²) in [6.45, 7) is 3.03. The molecule has 0 spiro atoms. The average molecular weight is 357 g/mol. The van der Waals surface area contributed by atoms with E-state index in [2.05, 4.69) is 0 Å². The second-order valence-electron chi connectivity index (χ2n) is 5.68. The molecule has 2 rings (SSSR count). The lowest BCUT2D eigenvalue weighted by Crippen LogP contribution is -2.55. The normalized spacial score (nSPS) is 16.6. The maximum atomic E-state index is 13.1. The van der Waals surface area contributed by atoms with Gasteiger partial charge in [0.1, 0.15) is 11.9 Å². The summed E-state index contributed by atoms with van der Waals surface area (Å²) in [4.78, 5) is 26.5. The highest BCUT2D eigenvalue weighted by molar-refractivity contribution is 7.92. The third kappa shape index (κ3) is 4.02. The third-order valence-corrected chi connectivity index (χ3v) is 5.16. The van der Waals surface area contributed by atoms with Crippen LogP contribution in [0.25, 0.3) is 0 Å². The lowest BCUT2D eigenvalue weighted by molar-refractivity contribution is -0.135. The molecule has 24 heavy (non-hydrogen) atoms. The van der Waals surface area contributed by atoms with E-state index in [1.165, 1.54) is 24.0 Å². The van der Waals surface area contributed by atoms with Gasteiger partial charge >= 0.3 is 0 Å². The summed E-state index contributed by atoms with van der Waals surface area (Å²) in [5.41, 5.74) is 0.228. The quantitative estimate of drug-likeness (QED) is 0.709. The van der Waals surface area contributed by atoms with E-state index in [1.54, 1.807) is 4.90 Å². The number of hydrogen-bond donors (Lipinski definition) is 0. The van der Waals surface area contributed by atoms with Crippen molar-refractivity contribution in [1.82, 2.24) is 9.80 Å². The van der Waals surface area contributed by atoms with E-state index in [9.17, 15) is 22.4 Å². The van der Waals surface area contributed by atoms with Crippen molar-refractivity contribution in [1.29, 1.82) is 0 Å². The first kappa shape index (κ1) is 18.2. The monoisotopic (exact) mass is 357 g/mol. The minimum atomic E-state index is -3.73. The summed E-state index contributed by atoms with van der Waals surface area (Å²) in [6.07, 6.45) is 1.73. The number of hydrogen-bond acceptors (Lipinski definition) is 4. The van der Waals surface area contributed by atoms with Crippen molar-refractivity contribution in [2.45, 2.75) is 13.0 Å². The molecule has 1 aliphatic rings. The summed E-state index contributed by atoms with van der Waals surface area (Å²) < 4.78 is 38.4. The fraction of sp³-hybridized carbons (Fsp3) is 0.467. The number of nitrogens with zero attached hydrogens (tertiary/aromatic N) is 3. The van der Waals surface area contributed by atoms with Gasteiger partial charge in [-0.3, -0.25) is 13.9 Å². The van der Waals surface area contributed by atoms with E-state index in [1.807, 2.05) is 0 Å². The van der Waals surface area contributed by atoms with Crippen LogP contribution in [0.15, 0.2) is 24.3 Å². The standard InChI is InChI=1S/C15H20FN3O4S/c1-12(15(21)18-9-7-17(11-20)8-10-18)19(24(2,22)23)14-5-3-13(16)4-6-14/h3-6,11-12H,7-10H2,1-2H3/t12-/m0/s1. The average Bonchev–Trinajstić information content (AvgIpc) is 2.55. The highest BCUT2D eigenvalue weighted by Crippen LogP contribution is 2.22. The van der Waals surface area contributed by atoms with Crippen LogP contribution in [0.4, 0.5) is 10.1 Å². The van der Waals surface area contributed by atoms with Crippen LogP contribution in [-0.2, 0) is 19.6 Å². The van der Waals surface area contributed by atoms with Crippen LogP contribution in [0, 0.1) is 5.82 Å². The van der Waals surface area contributed by atoms with Crippen LogP contribution in [0.3, 0.4) is 0 Å². The van der Waals surface area contributed by atoms with Crippen molar-refractivity contribution in [3.05, 3.63) is 30.1 Å². The van der Waals surface area contributed by atoms with Crippen LogP contribution < -0.4 is 4.31 Å². The van der Waals surface area contributed by atoms with Crippen LogP contribution in [0.1, 0.15) is 6.92 Å². The molecule has 0 unspecified atom stereocenters. The van der Waals surface area contributed by atoms with Gasteiger partial charge in [0.2, 0.25) is 22.3 Å². The van der Waals surface area contributed by atoms with Crippen LogP contribution in [0.2, 0.25) is 0 Å². The summed E-state index contributed by atoms with van der Waals surface area (Å²) in [7, 11) is -3.73. The molecule has 0 bridgehead atoms. The second-order valence-corrected chi connectivity index (χ2v) is 7.54. The molecular weight excluding hydrogens is 337 g/mol. The van der Waals surface area contributed by atoms with Gasteiger partial charge in [0, 0.05) is 26.2 Å². The summed E-state index contributed by atoms with van der Waals surface area (Å²) in [5, 5.41) is 0. The minimum Gasteiger partial charge on any atom is -0.342 e. The summed E-state index contributed by atoms with van der Waals surface area (Å²) >= 11 is 0. The maximum Gasteiger partial charge on any atom is 0.246 e. The molecule has 1 heterocycles. The van der Waals surface area contributed by atoms with Gasteiger partial charge in [0.25, 0.3) is 0 Å². The van der Waals surface area contributed by atoms with E-state index < -0.39 is 21.9 Å². The zero-order valence-electron chi connectivity index (χ0n) is 13.6. The topological polar surface area (TPSA) is 78.0 Å². The van der Waals surface area contributed by atoms with Crippen molar-refractivity contribution in [3.8, 4) is 0 Å². The van der Waals surface area contributed by atoms with E-state index in [0.29, 0.717) is 26.2 Å². The van der Waals surface area contributed by atoms with Crippen molar-refractivity contribution in [2.75, 3.05) is 36.7 Å². The largest absolute Gasteiger partial charge is 0.342 e. The third-order valence-electron chi connectivity index (χ3n) is 3.92. The van der Waals surface area contributed by atoms with Crippen LogP contribution >= 0.6 is 0 Å². The molecule has 0 N–H and O–H groups in total. The zero-order chi connectivity index (χ0) is 17.9. The van der Waals surface area contributed by atoms with Crippen LogP contribution in [0.5, 0.6) is 0 Å². The first-order valence-electron chi connectivity index (χ1n) is 7.47. The Balaban J connectivity index is 2.22. The van der Waals surface area contributed by atoms with Gasteiger partial charge in [-0.15, -0.1) is 0 Å². The molecule has 0 aromatic heterocycles. The van der Waals surface area contributed by atoms with Gasteiger partial charge in [0.15, 0.2) is 0 Å². The maximum absolute atomic E-state index is 13.1. The van der Waals surface area contributed by atoms with Crippen LogP contribution in [-0.4, -0.2) is 69.0 Å². The zero-order valence-corrected chi connectivity index (χ0v) is 14.4. The second kappa shape index (κ2) is 7.16. The first-order chi connectivity index (χ1) is 11.2. The predicted octanol–water partition coefficient (Wildman–Crippen LogP) is 0.281. The molecular formula is C15H20FN3O4S. The Morgan fingerprint density at radius 3 is 2.21 bits per heavy atom. The Bertz CT molecular complexity index is 700. The molecule has 9 heteroatoms. The van der Waals surface area contributed by atoms with E-state index in [4.69, 9.17) is 0 Å². The van der Waals surface area contributed by atoms with E-state index in [0.717, 1.165) is 29.1 Å². The Labute approximate surface area is 140 Å². The lowest BCUT2D eigenvalue weighted by atomic mass is 10.2. The van der Waals surface area contributed by atoms with Crippen molar-refractivity contribution in [2.24, 2.45) is 0 Å². The lowest BCUT2D eigenvalue weighted by Gasteiger charge is -2.36. The van der Waals surface area contributed by atoms with Crippen molar-refractivity contribution >= 4 is 28.0 Å². The van der Waals surface area contributed by atoms with Gasteiger partial charge in [-0.05, 0) is 31.2 Å². The fourth-order valence-electron chi connectivity index (χ4n) is 2.70. The highest BCUT2D eigenvalue weighted by Gasteiger charge is 2.33. The minimum absolute atomic E-state index is 0.228. The number of sulfonamides is 1. The number of rotatable bonds is 5. The summed E-state index contributed by atoms with van der Waals surface area (Å²) in [5.74, 6) is -0.841. The van der Waals surface area contributed by atoms with Gasteiger partial charge in [-0.25, -0.2) is 12.8 Å². The molecule has 1 fully saturated rings. The number of piperazine rings is 1. The number of carbonyl (C=O) groups is 2. The molecule has 0 aliphatic carbocycles. The molecule has 0 radical (unpaired) electrons. The number of carbonyl (C=O) groups excluding carboxylic acids is 2. The molecule has 0 saturated carbocycles. The molecule has 1 aliphatic heterocycles. The number of benzene rings is 1. The number of anilines is 1. The number of halogens is 1. The van der Waals surface area contributed by atoms with Gasteiger partial charge < -0.3 is 9.80 Å². The van der Waals surface area contributed by atoms with Gasteiger partial charge in [0.05, 0.1) is 11.9 Å².